The predicted octanol–water partition coefficient (Wildman–Crippen LogP) is 3.39. The average molecular weight is 421 g/mol. The highest BCUT2D eigenvalue weighted by Gasteiger charge is 2.43. The number of nitrogens with one attached hydrogen (secondary N) is 1. The molecule has 4 aromatic heterocycles. The minimum Gasteiger partial charge on any atom is -0.387 e. The molecular weight excluding hydrogens is 399 g/mol. The van der Waals surface area contributed by atoms with Crippen molar-refractivity contribution in [1.29, 1.82) is 0 Å². The van der Waals surface area contributed by atoms with Crippen molar-refractivity contribution in [2.75, 3.05) is 5.32 Å². The molecule has 0 unspecified atom stereocenters. The number of carbonyl (C=O) groups excluding carboxylic acids is 1. The molecule has 0 aliphatic heterocycles. The van der Waals surface area contributed by atoms with Crippen LogP contribution >= 0.6 is 0 Å². The highest BCUT2D eigenvalue weighted by Crippen LogP contribution is 2.35. The summed E-state index contributed by atoms with van der Waals surface area (Å²) in [6.45, 7) is 3.61. The van der Waals surface area contributed by atoms with Crippen LogP contribution in [0.4, 0.5) is 10.2 Å². The van der Waals surface area contributed by atoms with Crippen molar-refractivity contribution in [2.45, 2.75) is 38.9 Å². The predicted molar refractivity (Wildman–Crippen MR) is 113 cm³/mol. The summed E-state index contributed by atoms with van der Waals surface area (Å²) in [5.41, 5.74) is 3.96. The normalized spacial score (nSPS) is 20.5. The van der Waals surface area contributed by atoms with E-state index in [1.54, 1.807) is 36.0 Å². The van der Waals surface area contributed by atoms with Gasteiger partial charge in [0, 0.05) is 35.0 Å². The van der Waals surface area contributed by atoms with E-state index in [1.165, 1.54) is 6.33 Å². The average Bonchev–Trinajstić information content (AvgIpc) is 3.30. The number of fused-ring (bicyclic) bond motifs is 3. The first-order valence-corrected chi connectivity index (χ1v) is 10.1. The van der Waals surface area contributed by atoms with E-state index < -0.39 is 18.2 Å². The van der Waals surface area contributed by atoms with E-state index in [9.17, 15) is 14.3 Å². The van der Waals surface area contributed by atoms with Gasteiger partial charge in [0.15, 0.2) is 5.65 Å². The zero-order valence-corrected chi connectivity index (χ0v) is 17.0. The molecule has 2 N–H and O–H groups in total. The van der Waals surface area contributed by atoms with Crippen LogP contribution in [0.3, 0.4) is 0 Å². The SMILES string of the molecule is [2H][C@@](O)(CC)c1cc(C)c(-c2cc3cnc(NC(=O)[C@H]4C[C@H]4F)cc3n3ncnc23)cn1. The highest BCUT2D eigenvalue weighted by molar-refractivity contribution is 5.97. The first-order chi connectivity index (χ1) is 15.3. The Morgan fingerprint density at radius 2 is 2.13 bits per heavy atom. The fourth-order valence-electron chi connectivity index (χ4n) is 3.67. The molecule has 0 saturated heterocycles. The number of aromatic nitrogens is 5. The van der Waals surface area contributed by atoms with Crippen LogP contribution in [0.15, 0.2) is 36.9 Å². The molecule has 0 radical (unpaired) electrons. The van der Waals surface area contributed by atoms with Crippen molar-refractivity contribution >= 4 is 28.3 Å². The van der Waals surface area contributed by atoms with Crippen LogP contribution in [-0.2, 0) is 4.79 Å². The Hall–Kier alpha value is -3.46. The number of aryl methyl sites for hydroxylation is 1. The Morgan fingerprint density at radius 1 is 1.32 bits per heavy atom. The molecule has 5 rings (SSSR count). The van der Waals surface area contributed by atoms with Gasteiger partial charge in [0.1, 0.15) is 18.3 Å². The summed E-state index contributed by atoms with van der Waals surface area (Å²) in [5.74, 6) is -0.657. The largest absolute Gasteiger partial charge is 0.387 e. The third-order valence-electron chi connectivity index (χ3n) is 5.56. The third kappa shape index (κ3) is 3.40. The standard InChI is InChI=1S/C22H21FN6O2/c1-3-19(30)17-4-11(2)15(9-24-17)13-5-12-8-25-20(28-22(31)14-6-16(14)23)7-18(12)29-21(13)26-10-27-29/h4-5,7-10,14,16,19,30H,3,6H2,1-2H3,(H,25,28,31)/t14-,16+,19+/m0/s1/i19D. The topological polar surface area (TPSA) is 105 Å². The lowest BCUT2D eigenvalue weighted by atomic mass is 10.0. The van der Waals surface area contributed by atoms with E-state index in [0.29, 0.717) is 17.0 Å². The molecule has 4 heterocycles. The fourth-order valence-corrected chi connectivity index (χ4v) is 3.67. The van der Waals surface area contributed by atoms with Gasteiger partial charge in [0.25, 0.3) is 0 Å². The van der Waals surface area contributed by atoms with Gasteiger partial charge in [-0.15, -0.1) is 0 Å². The number of halogens is 1. The van der Waals surface area contributed by atoms with Crippen molar-refractivity contribution < 1.29 is 15.7 Å². The first-order valence-electron chi connectivity index (χ1n) is 10.6. The molecule has 0 spiro atoms. The summed E-state index contributed by atoms with van der Waals surface area (Å²) in [7, 11) is 0. The molecule has 1 amide bonds. The summed E-state index contributed by atoms with van der Waals surface area (Å²) in [6.07, 6.45) is 2.33. The van der Waals surface area contributed by atoms with Crippen LogP contribution in [0.25, 0.3) is 27.7 Å². The Balaban J connectivity index is 1.58. The monoisotopic (exact) mass is 421 g/mol. The Morgan fingerprint density at radius 3 is 2.84 bits per heavy atom. The highest BCUT2D eigenvalue weighted by atomic mass is 19.1. The number of alkyl halides is 1. The van der Waals surface area contributed by atoms with Crippen LogP contribution in [0.1, 0.15) is 38.5 Å². The Labute approximate surface area is 178 Å². The number of aliphatic hydroxyl groups is 1. The van der Waals surface area contributed by atoms with Gasteiger partial charge in [-0.2, -0.15) is 5.10 Å². The van der Waals surface area contributed by atoms with E-state index in [1.807, 2.05) is 13.0 Å². The number of anilines is 1. The van der Waals surface area contributed by atoms with Crippen molar-refractivity contribution in [2.24, 2.45) is 5.92 Å². The number of pyridine rings is 3. The number of carbonyl (C=O) groups is 1. The molecule has 158 valence electrons. The molecule has 0 bridgehead atoms. The number of amides is 1. The summed E-state index contributed by atoms with van der Waals surface area (Å²) in [5, 5.41) is 18.0. The summed E-state index contributed by atoms with van der Waals surface area (Å²) < 4.78 is 22.8. The molecule has 9 heteroatoms. The van der Waals surface area contributed by atoms with Gasteiger partial charge in [-0.1, -0.05) is 6.92 Å². The molecule has 0 aromatic carbocycles. The van der Waals surface area contributed by atoms with Gasteiger partial charge in [-0.25, -0.2) is 18.9 Å². The van der Waals surface area contributed by atoms with Crippen molar-refractivity contribution in [1.82, 2.24) is 24.6 Å². The maximum absolute atomic E-state index is 13.2. The van der Waals surface area contributed by atoms with Crippen molar-refractivity contribution in [3.63, 3.8) is 0 Å². The van der Waals surface area contributed by atoms with Crippen LogP contribution < -0.4 is 5.32 Å². The van der Waals surface area contributed by atoms with Crippen LogP contribution in [-0.4, -0.2) is 41.8 Å². The van der Waals surface area contributed by atoms with Crippen LogP contribution in [0.5, 0.6) is 0 Å². The molecule has 1 fully saturated rings. The maximum atomic E-state index is 13.2. The number of hydrogen-bond donors (Lipinski definition) is 2. The van der Waals surface area contributed by atoms with Gasteiger partial charge in [0.05, 0.1) is 24.6 Å². The lowest BCUT2D eigenvalue weighted by molar-refractivity contribution is -0.117. The van der Waals surface area contributed by atoms with Gasteiger partial charge in [-0.3, -0.25) is 9.78 Å². The number of nitrogens with zero attached hydrogens (tertiary/aromatic N) is 5. The van der Waals surface area contributed by atoms with Gasteiger partial charge >= 0.3 is 0 Å². The minimum absolute atomic E-state index is 0.223. The third-order valence-corrected chi connectivity index (χ3v) is 5.56. The van der Waals surface area contributed by atoms with Crippen molar-refractivity contribution in [3.8, 4) is 11.1 Å². The molecule has 1 saturated carbocycles. The van der Waals surface area contributed by atoms with E-state index in [0.717, 1.165) is 22.1 Å². The smallest absolute Gasteiger partial charge is 0.231 e. The molecule has 31 heavy (non-hydrogen) atoms. The second-order valence-corrected chi connectivity index (χ2v) is 7.71. The Bertz CT molecular complexity index is 1370. The van der Waals surface area contributed by atoms with Gasteiger partial charge in [0.2, 0.25) is 5.91 Å². The van der Waals surface area contributed by atoms with Crippen LogP contribution in [0.2, 0.25) is 0 Å². The zero-order valence-electron chi connectivity index (χ0n) is 18.0. The second kappa shape index (κ2) is 7.35. The maximum Gasteiger partial charge on any atom is 0.231 e. The van der Waals surface area contributed by atoms with E-state index in [4.69, 9.17) is 1.37 Å². The second-order valence-electron chi connectivity index (χ2n) is 7.71. The lowest BCUT2D eigenvalue weighted by Crippen LogP contribution is -2.16. The first kappa shape index (κ1) is 18.3. The fraction of sp³-hybridized carbons (Fsp3) is 0.318. The quantitative estimate of drug-likeness (QED) is 0.512. The van der Waals surface area contributed by atoms with Gasteiger partial charge in [-0.05, 0) is 37.5 Å². The van der Waals surface area contributed by atoms with Gasteiger partial charge < -0.3 is 10.4 Å². The summed E-state index contributed by atoms with van der Waals surface area (Å²) in [6, 6.07) is 5.30. The zero-order chi connectivity index (χ0) is 22.6. The summed E-state index contributed by atoms with van der Waals surface area (Å²) in [4.78, 5) is 25.1. The Kier molecular flexibility index (Phi) is 4.34. The van der Waals surface area contributed by atoms with Crippen LogP contribution in [0, 0.1) is 12.8 Å². The van der Waals surface area contributed by atoms with E-state index >= 15 is 0 Å². The summed E-state index contributed by atoms with van der Waals surface area (Å²) >= 11 is 0. The molecule has 8 nitrogen and oxygen atoms in total. The minimum atomic E-state index is -1.75. The number of hydrogen-bond acceptors (Lipinski definition) is 6. The molecule has 1 aliphatic carbocycles. The van der Waals surface area contributed by atoms with E-state index in [-0.39, 0.29) is 24.4 Å². The van der Waals surface area contributed by atoms with E-state index in [2.05, 4.69) is 25.4 Å². The molecule has 3 atom stereocenters. The van der Waals surface area contributed by atoms with Crippen molar-refractivity contribution in [3.05, 3.63) is 48.2 Å². The number of rotatable bonds is 5. The lowest BCUT2D eigenvalue weighted by Gasteiger charge is -2.13. The molecule has 4 aromatic rings. The molecule has 1 aliphatic rings. The molecular formula is C22H21FN6O2.